The van der Waals surface area contributed by atoms with Gasteiger partial charge in [-0.05, 0) is 25.8 Å². The van der Waals surface area contributed by atoms with Gasteiger partial charge >= 0.3 is 0 Å². The normalized spacial score (nSPS) is 10.2. The van der Waals surface area contributed by atoms with Gasteiger partial charge in [-0.25, -0.2) is 4.99 Å². The second-order valence-electron chi connectivity index (χ2n) is 5.55. The number of hydrogen-bond donors (Lipinski definition) is 3. The SMILES string of the molecule is C=NC(=O)COc1cc(C(=N)N)ccc1CNC(=O)c1cc(C)n(C)n1. The number of hydrogen-bond acceptors (Lipinski definition) is 5. The number of ether oxygens (including phenoxy) is 1. The topological polar surface area (TPSA) is 135 Å². The van der Waals surface area contributed by atoms with Crippen molar-refractivity contribution in [3.8, 4) is 5.75 Å². The fourth-order valence-electron chi connectivity index (χ4n) is 2.13. The van der Waals surface area contributed by atoms with Crippen molar-refractivity contribution in [1.29, 1.82) is 5.41 Å². The highest BCUT2D eigenvalue weighted by molar-refractivity contribution is 5.95. The highest BCUT2D eigenvalue weighted by Gasteiger charge is 2.13. The van der Waals surface area contributed by atoms with E-state index in [1.54, 1.807) is 29.9 Å². The van der Waals surface area contributed by atoms with Crippen molar-refractivity contribution in [2.45, 2.75) is 13.5 Å². The molecule has 2 amide bonds. The summed E-state index contributed by atoms with van der Waals surface area (Å²) < 4.78 is 7.05. The van der Waals surface area contributed by atoms with Gasteiger partial charge in [0.2, 0.25) is 0 Å². The lowest BCUT2D eigenvalue weighted by Crippen LogP contribution is -2.24. The van der Waals surface area contributed by atoms with Crippen LogP contribution in [-0.4, -0.2) is 40.8 Å². The second kappa shape index (κ2) is 8.06. The molecule has 26 heavy (non-hydrogen) atoms. The van der Waals surface area contributed by atoms with E-state index in [4.69, 9.17) is 15.9 Å². The number of aromatic nitrogens is 2. The standard InChI is InChI=1S/C17H20N6O3/c1-10-6-13(22-23(10)3)17(25)21-8-12-5-4-11(16(18)19)7-14(12)26-9-15(24)20-2/h4-7H,2,8-9H2,1,3H3,(H3,18,19)(H,21,25). The van der Waals surface area contributed by atoms with Crippen molar-refractivity contribution in [1.82, 2.24) is 15.1 Å². The third-order valence-corrected chi connectivity index (χ3v) is 3.69. The molecule has 0 bridgehead atoms. The Labute approximate surface area is 150 Å². The Morgan fingerprint density at radius 2 is 2.15 bits per heavy atom. The van der Waals surface area contributed by atoms with Crippen molar-refractivity contribution in [3.63, 3.8) is 0 Å². The maximum atomic E-state index is 12.2. The van der Waals surface area contributed by atoms with E-state index in [0.717, 1.165) is 5.69 Å². The molecule has 4 N–H and O–H groups in total. The van der Waals surface area contributed by atoms with Crippen molar-refractivity contribution in [3.05, 3.63) is 46.8 Å². The molecule has 136 valence electrons. The third kappa shape index (κ3) is 4.53. The number of aryl methyl sites for hydroxylation is 2. The molecule has 0 saturated heterocycles. The predicted molar refractivity (Wildman–Crippen MR) is 96.6 cm³/mol. The molecule has 9 heteroatoms. The number of carbonyl (C=O) groups is 2. The molecule has 0 aliphatic carbocycles. The Bertz CT molecular complexity index is 852. The first-order chi connectivity index (χ1) is 12.3. The fraction of sp³-hybridized carbons (Fsp3) is 0.235. The van der Waals surface area contributed by atoms with E-state index >= 15 is 0 Å². The van der Waals surface area contributed by atoms with E-state index in [9.17, 15) is 9.59 Å². The Kier molecular flexibility index (Phi) is 5.84. The van der Waals surface area contributed by atoms with Gasteiger partial charge in [-0.1, -0.05) is 12.1 Å². The zero-order valence-corrected chi connectivity index (χ0v) is 14.6. The van der Waals surface area contributed by atoms with E-state index in [1.165, 1.54) is 6.07 Å². The molecular formula is C17H20N6O3. The van der Waals surface area contributed by atoms with Gasteiger partial charge in [-0.2, -0.15) is 5.10 Å². The maximum absolute atomic E-state index is 12.2. The molecule has 1 aromatic heterocycles. The lowest BCUT2D eigenvalue weighted by Gasteiger charge is -2.12. The van der Waals surface area contributed by atoms with Crippen LogP contribution >= 0.6 is 0 Å². The minimum Gasteiger partial charge on any atom is -0.483 e. The smallest absolute Gasteiger partial charge is 0.282 e. The molecule has 2 aromatic rings. The van der Waals surface area contributed by atoms with Crippen LogP contribution in [0.15, 0.2) is 29.3 Å². The average Bonchev–Trinajstić information content (AvgIpc) is 2.96. The summed E-state index contributed by atoms with van der Waals surface area (Å²) in [6, 6.07) is 6.52. The van der Waals surface area contributed by atoms with Gasteiger partial charge in [0, 0.05) is 30.4 Å². The molecule has 0 radical (unpaired) electrons. The maximum Gasteiger partial charge on any atom is 0.282 e. The van der Waals surface area contributed by atoms with Crippen molar-refractivity contribution in [2.75, 3.05) is 6.61 Å². The van der Waals surface area contributed by atoms with Crippen LogP contribution in [0.5, 0.6) is 5.75 Å². The summed E-state index contributed by atoms with van der Waals surface area (Å²) >= 11 is 0. The van der Waals surface area contributed by atoms with Crippen LogP contribution in [0.4, 0.5) is 0 Å². The van der Waals surface area contributed by atoms with Gasteiger partial charge in [0.25, 0.3) is 11.8 Å². The summed E-state index contributed by atoms with van der Waals surface area (Å²) in [4.78, 5) is 26.8. The van der Waals surface area contributed by atoms with Crippen molar-refractivity contribution >= 4 is 24.4 Å². The quantitative estimate of drug-likeness (QED) is 0.492. The summed E-state index contributed by atoms with van der Waals surface area (Å²) in [6.07, 6.45) is 0. The van der Waals surface area contributed by atoms with E-state index in [-0.39, 0.29) is 24.9 Å². The molecule has 9 nitrogen and oxygen atoms in total. The molecule has 0 saturated carbocycles. The molecule has 0 aliphatic rings. The number of amidine groups is 1. The van der Waals surface area contributed by atoms with Crippen LogP contribution in [0.25, 0.3) is 0 Å². The lowest BCUT2D eigenvalue weighted by atomic mass is 10.1. The molecular weight excluding hydrogens is 336 g/mol. The fourth-order valence-corrected chi connectivity index (χ4v) is 2.13. The number of nitrogens with two attached hydrogens (primary N) is 1. The summed E-state index contributed by atoms with van der Waals surface area (Å²) in [6.45, 7) is 4.84. The van der Waals surface area contributed by atoms with Crippen LogP contribution in [-0.2, 0) is 18.4 Å². The van der Waals surface area contributed by atoms with Crippen LogP contribution in [0, 0.1) is 12.3 Å². The molecule has 1 heterocycles. The molecule has 0 unspecified atom stereocenters. The zero-order chi connectivity index (χ0) is 19.3. The molecule has 1 aromatic carbocycles. The monoisotopic (exact) mass is 356 g/mol. The summed E-state index contributed by atoms with van der Waals surface area (Å²) in [7, 11) is 1.75. The number of nitrogens with zero attached hydrogens (tertiary/aromatic N) is 3. The largest absolute Gasteiger partial charge is 0.483 e. The van der Waals surface area contributed by atoms with E-state index in [0.29, 0.717) is 22.6 Å². The third-order valence-electron chi connectivity index (χ3n) is 3.69. The first-order valence-corrected chi connectivity index (χ1v) is 7.70. The highest BCUT2D eigenvalue weighted by atomic mass is 16.5. The van der Waals surface area contributed by atoms with E-state index in [2.05, 4.69) is 22.1 Å². The first kappa shape index (κ1) is 18.8. The molecule has 0 fully saturated rings. The molecule has 0 atom stereocenters. The summed E-state index contributed by atoms with van der Waals surface area (Å²) in [5.41, 5.74) is 7.71. The molecule has 0 aliphatic heterocycles. The number of amides is 2. The van der Waals surface area contributed by atoms with Crippen LogP contribution < -0.4 is 15.8 Å². The lowest BCUT2D eigenvalue weighted by molar-refractivity contribution is -0.119. The van der Waals surface area contributed by atoms with Gasteiger partial charge in [0.1, 0.15) is 17.3 Å². The molecule has 0 spiro atoms. The van der Waals surface area contributed by atoms with Crippen LogP contribution in [0.3, 0.4) is 0 Å². The van der Waals surface area contributed by atoms with Crippen LogP contribution in [0.2, 0.25) is 0 Å². The van der Waals surface area contributed by atoms with Gasteiger partial charge in [0.15, 0.2) is 6.61 Å². The highest BCUT2D eigenvalue weighted by Crippen LogP contribution is 2.21. The number of nitrogens with one attached hydrogen (secondary N) is 2. The van der Waals surface area contributed by atoms with Gasteiger partial charge in [-0.15, -0.1) is 0 Å². The minimum atomic E-state index is -0.530. The van der Waals surface area contributed by atoms with Crippen LogP contribution in [0.1, 0.15) is 27.3 Å². The van der Waals surface area contributed by atoms with Gasteiger partial charge < -0.3 is 15.8 Å². The number of nitrogen functional groups attached to an aromatic ring is 1. The Balaban J connectivity index is 2.15. The number of carbonyl (C=O) groups excluding carboxylic acids is 2. The average molecular weight is 356 g/mol. The number of rotatable bonds is 7. The Morgan fingerprint density at radius 3 is 2.73 bits per heavy atom. The second-order valence-corrected chi connectivity index (χ2v) is 5.55. The van der Waals surface area contributed by atoms with E-state index < -0.39 is 5.91 Å². The predicted octanol–water partition coefficient (Wildman–Crippen LogP) is 0.549. The van der Waals surface area contributed by atoms with Gasteiger partial charge in [0.05, 0.1) is 0 Å². The Morgan fingerprint density at radius 1 is 1.42 bits per heavy atom. The van der Waals surface area contributed by atoms with E-state index in [1.807, 2.05) is 6.92 Å². The Hall–Kier alpha value is -3.49. The first-order valence-electron chi connectivity index (χ1n) is 7.70. The summed E-state index contributed by atoms with van der Waals surface area (Å²) in [5.74, 6) is -0.675. The molecule has 2 rings (SSSR count). The minimum absolute atomic E-state index is 0.137. The van der Waals surface area contributed by atoms with Gasteiger partial charge in [-0.3, -0.25) is 19.7 Å². The number of aliphatic imine (C=N–C) groups is 1. The summed E-state index contributed by atoms with van der Waals surface area (Å²) in [5, 5.41) is 14.4. The zero-order valence-electron chi connectivity index (χ0n) is 14.6. The van der Waals surface area contributed by atoms with Crippen molar-refractivity contribution in [2.24, 2.45) is 17.8 Å². The van der Waals surface area contributed by atoms with Crippen molar-refractivity contribution < 1.29 is 14.3 Å². The number of benzene rings is 1.